The highest BCUT2D eigenvalue weighted by Gasteiger charge is 2.30. The highest BCUT2D eigenvalue weighted by molar-refractivity contribution is 6.03. The standard InChI is InChI=1S/C15H18N2O2/c1-17-6-2-3-11-7-10(4-5-13(11)17)8-12-9-14(18)16-15(12)19/h4-5,7,12H,2-3,6,8-9H2,1H3,(H,16,18,19). The van der Waals surface area contributed by atoms with E-state index in [1.165, 1.54) is 17.7 Å². The molecule has 1 aromatic carbocycles. The number of aryl methyl sites for hydroxylation is 1. The zero-order valence-electron chi connectivity index (χ0n) is 11.1. The summed E-state index contributed by atoms with van der Waals surface area (Å²) in [5.74, 6) is -0.459. The van der Waals surface area contributed by atoms with E-state index in [-0.39, 0.29) is 17.7 Å². The first kappa shape index (κ1) is 12.2. The number of nitrogens with zero attached hydrogens (tertiary/aromatic N) is 1. The van der Waals surface area contributed by atoms with Gasteiger partial charge in [-0.25, -0.2) is 0 Å². The fraction of sp³-hybridized carbons (Fsp3) is 0.467. The molecule has 4 heteroatoms. The highest BCUT2D eigenvalue weighted by atomic mass is 16.2. The molecule has 1 saturated heterocycles. The third-order valence-corrected chi connectivity index (χ3v) is 4.04. The van der Waals surface area contributed by atoms with E-state index in [0.29, 0.717) is 12.8 Å². The topological polar surface area (TPSA) is 49.4 Å². The molecule has 0 spiro atoms. The number of anilines is 1. The maximum absolute atomic E-state index is 11.6. The molecule has 19 heavy (non-hydrogen) atoms. The number of benzene rings is 1. The molecule has 2 heterocycles. The van der Waals surface area contributed by atoms with Crippen molar-refractivity contribution in [2.75, 3.05) is 18.5 Å². The van der Waals surface area contributed by atoms with Crippen LogP contribution in [0.4, 0.5) is 5.69 Å². The van der Waals surface area contributed by atoms with E-state index in [0.717, 1.165) is 18.5 Å². The second-order valence-electron chi connectivity index (χ2n) is 5.51. The number of imide groups is 1. The summed E-state index contributed by atoms with van der Waals surface area (Å²) in [5, 5.41) is 2.37. The van der Waals surface area contributed by atoms with Crippen molar-refractivity contribution < 1.29 is 9.59 Å². The quantitative estimate of drug-likeness (QED) is 0.813. The van der Waals surface area contributed by atoms with E-state index in [1.54, 1.807) is 0 Å². The number of nitrogens with one attached hydrogen (secondary N) is 1. The van der Waals surface area contributed by atoms with Crippen molar-refractivity contribution >= 4 is 17.5 Å². The SMILES string of the molecule is CN1CCCc2cc(CC3CC(=O)NC3=O)ccc21. The van der Waals surface area contributed by atoms with Gasteiger partial charge in [-0.05, 0) is 36.5 Å². The lowest BCUT2D eigenvalue weighted by Crippen LogP contribution is -2.25. The van der Waals surface area contributed by atoms with Crippen LogP contribution in [0.5, 0.6) is 0 Å². The maximum atomic E-state index is 11.6. The minimum atomic E-state index is -0.188. The van der Waals surface area contributed by atoms with Crippen molar-refractivity contribution in [3.8, 4) is 0 Å². The molecule has 1 atom stereocenters. The summed E-state index contributed by atoms with van der Waals surface area (Å²) in [6, 6.07) is 6.41. The molecule has 1 fully saturated rings. The number of rotatable bonds is 2. The molecule has 0 bridgehead atoms. The van der Waals surface area contributed by atoms with Crippen molar-refractivity contribution in [2.24, 2.45) is 5.92 Å². The van der Waals surface area contributed by atoms with Gasteiger partial charge in [-0.3, -0.25) is 14.9 Å². The van der Waals surface area contributed by atoms with Gasteiger partial charge >= 0.3 is 0 Å². The molecule has 1 N–H and O–H groups in total. The minimum absolute atomic E-state index is 0.125. The van der Waals surface area contributed by atoms with E-state index in [4.69, 9.17) is 0 Å². The first-order chi connectivity index (χ1) is 9.13. The monoisotopic (exact) mass is 258 g/mol. The lowest BCUT2D eigenvalue weighted by Gasteiger charge is -2.28. The number of fused-ring (bicyclic) bond motifs is 1. The molecule has 3 rings (SSSR count). The fourth-order valence-corrected chi connectivity index (χ4v) is 3.02. The molecule has 0 saturated carbocycles. The predicted octanol–water partition coefficient (Wildman–Crippen LogP) is 1.27. The number of amides is 2. The van der Waals surface area contributed by atoms with Crippen LogP contribution < -0.4 is 10.2 Å². The molecule has 4 nitrogen and oxygen atoms in total. The van der Waals surface area contributed by atoms with Crippen LogP contribution in [0.1, 0.15) is 24.0 Å². The van der Waals surface area contributed by atoms with Gasteiger partial charge in [0.2, 0.25) is 11.8 Å². The molecule has 0 aliphatic carbocycles. The van der Waals surface area contributed by atoms with Gasteiger partial charge in [0.25, 0.3) is 0 Å². The summed E-state index contributed by atoms with van der Waals surface area (Å²) in [4.78, 5) is 25.1. The van der Waals surface area contributed by atoms with E-state index < -0.39 is 0 Å². The Bertz CT molecular complexity index is 539. The third-order valence-electron chi connectivity index (χ3n) is 4.04. The van der Waals surface area contributed by atoms with Crippen LogP contribution in [0.2, 0.25) is 0 Å². The van der Waals surface area contributed by atoms with Crippen LogP contribution in [0, 0.1) is 5.92 Å². The smallest absolute Gasteiger partial charge is 0.230 e. The Labute approximate surface area is 112 Å². The van der Waals surface area contributed by atoms with E-state index in [1.807, 2.05) is 0 Å². The van der Waals surface area contributed by atoms with Crippen molar-refractivity contribution in [1.29, 1.82) is 0 Å². The van der Waals surface area contributed by atoms with Crippen LogP contribution in [0.15, 0.2) is 18.2 Å². The summed E-state index contributed by atoms with van der Waals surface area (Å²) in [6.07, 6.45) is 3.27. The summed E-state index contributed by atoms with van der Waals surface area (Å²) < 4.78 is 0. The maximum Gasteiger partial charge on any atom is 0.230 e. The Morgan fingerprint density at radius 1 is 1.37 bits per heavy atom. The number of hydrogen-bond acceptors (Lipinski definition) is 3. The molecule has 2 amide bonds. The van der Waals surface area contributed by atoms with Crippen LogP contribution in [-0.2, 0) is 22.4 Å². The second kappa shape index (κ2) is 4.68. The summed E-state index contributed by atoms with van der Waals surface area (Å²) in [7, 11) is 2.11. The van der Waals surface area contributed by atoms with Gasteiger partial charge in [0, 0.05) is 25.7 Å². The Morgan fingerprint density at radius 3 is 2.95 bits per heavy atom. The number of carbonyl (C=O) groups excluding carboxylic acids is 2. The van der Waals surface area contributed by atoms with Crippen LogP contribution in [0.25, 0.3) is 0 Å². The Balaban J connectivity index is 1.79. The van der Waals surface area contributed by atoms with Crippen molar-refractivity contribution in [2.45, 2.75) is 25.7 Å². The van der Waals surface area contributed by atoms with Crippen molar-refractivity contribution in [3.05, 3.63) is 29.3 Å². The molecule has 1 aromatic rings. The zero-order chi connectivity index (χ0) is 13.4. The predicted molar refractivity (Wildman–Crippen MR) is 73.0 cm³/mol. The van der Waals surface area contributed by atoms with Gasteiger partial charge < -0.3 is 4.90 Å². The molecule has 0 radical (unpaired) electrons. The second-order valence-corrected chi connectivity index (χ2v) is 5.51. The molecule has 2 aliphatic heterocycles. The normalized spacial score (nSPS) is 22.4. The molecule has 2 aliphatic rings. The molecule has 100 valence electrons. The minimum Gasteiger partial charge on any atom is -0.374 e. The lowest BCUT2D eigenvalue weighted by atomic mass is 9.93. The molecule has 1 unspecified atom stereocenters. The Kier molecular flexibility index (Phi) is 3.01. The van der Waals surface area contributed by atoms with Crippen LogP contribution in [0.3, 0.4) is 0 Å². The third kappa shape index (κ3) is 2.35. The molecule has 0 aromatic heterocycles. The summed E-state index contributed by atoms with van der Waals surface area (Å²) in [5.41, 5.74) is 3.81. The van der Waals surface area contributed by atoms with Crippen LogP contribution >= 0.6 is 0 Å². The van der Waals surface area contributed by atoms with Gasteiger partial charge in [0.15, 0.2) is 0 Å². The van der Waals surface area contributed by atoms with E-state index in [9.17, 15) is 9.59 Å². The van der Waals surface area contributed by atoms with Gasteiger partial charge in [-0.15, -0.1) is 0 Å². The van der Waals surface area contributed by atoms with Gasteiger partial charge in [-0.1, -0.05) is 12.1 Å². The van der Waals surface area contributed by atoms with Crippen molar-refractivity contribution in [3.63, 3.8) is 0 Å². The Hall–Kier alpha value is -1.84. The van der Waals surface area contributed by atoms with Gasteiger partial charge in [-0.2, -0.15) is 0 Å². The van der Waals surface area contributed by atoms with E-state index in [2.05, 4.69) is 35.5 Å². The molecular weight excluding hydrogens is 240 g/mol. The van der Waals surface area contributed by atoms with Gasteiger partial charge in [0.05, 0.1) is 5.92 Å². The Morgan fingerprint density at radius 2 is 2.21 bits per heavy atom. The van der Waals surface area contributed by atoms with Crippen molar-refractivity contribution in [1.82, 2.24) is 5.32 Å². The highest BCUT2D eigenvalue weighted by Crippen LogP contribution is 2.28. The van der Waals surface area contributed by atoms with E-state index >= 15 is 0 Å². The number of carbonyl (C=O) groups is 2. The average molecular weight is 258 g/mol. The first-order valence-corrected chi connectivity index (χ1v) is 6.80. The first-order valence-electron chi connectivity index (χ1n) is 6.80. The number of hydrogen-bond donors (Lipinski definition) is 1. The lowest BCUT2D eigenvalue weighted by molar-refractivity contribution is -0.125. The fourth-order valence-electron chi connectivity index (χ4n) is 3.02. The summed E-state index contributed by atoms with van der Waals surface area (Å²) >= 11 is 0. The zero-order valence-corrected chi connectivity index (χ0v) is 11.1. The van der Waals surface area contributed by atoms with Gasteiger partial charge in [0.1, 0.15) is 0 Å². The summed E-state index contributed by atoms with van der Waals surface area (Å²) in [6.45, 7) is 1.10. The average Bonchev–Trinajstić information content (AvgIpc) is 2.68. The molecular formula is C15H18N2O2. The largest absolute Gasteiger partial charge is 0.374 e. The van der Waals surface area contributed by atoms with Crippen LogP contribution in [-0.4, -0.2) is 25.4 Å².